The number of rotatable bonds is 2. The van der Waals surface area contributed by atoms with Crippen LogP contribution in [-0.2, 0) is 6.42 Å². The molecular weight excluding hydrogens is 210 g/mol. The lowest BCUT2D eigenvalue weighted by molar-refractivity contribution is 1.11. The molecule has 2 rings (SSSR count). The molecule has 3 heteroatoms. The first-order valence-corrected chi connectivity index (χ1v) is 6.71. The van der Waals surface area contributed by atoms with Crippen LogP contribution in [0.4, 0.5) is 5.69 Å². The number of benzene rings is 1. The molecule has 74 valence electrons. The molecule has 2 N–H and O–H groups in total. The van der Waals surface area contributed by atoms with Gasteiger partial charge in [-0.2, -0.15) is 0 Å². The highest BCUT2D eigenvalue weighted by Crippen LogP contribution is 2.36. The number of hydrogen-bond donors (Lipinski definition) is 1. The summed E-state index contributed by atoms with van der Waals surface area (Å²) in [6.07, 6.45) is 3.16. The zero-order valence-electron chi connectivity index (χ0n) is 8.33. The van der Waals surface area contributed by atoms with Crippen molar-refractivity contribution in [2.24, 2.45) is 0 Å². The molecule has 0 amide bonds. The second kappa shape index (κ2) is 3.83. The van der Waals surface area contributed by atoms with Crippen molar-refractivity contribution >= 4 is 38.9 Å². The summed E-state index contributed by atoms with van der Waals surface area (Å²) in [7, 11) is 0. The molecular formula is C11H13NS2. The van der Waals surface area contributed by atoms with Gasteiger partial charge in [-0.15, -0.1) is 23.1 Å². The highest BCUT2D eigenvalue weighted by molar-refractivity contribution is 7.98. The smallest absolute Gasteiger partial charge is 0.0506 e. The van der Waals surface area contributed by atoms with Crippen molar-refractivity contribution in [1.29, 1.82) is 0 Å². The van der Waals surface area contributed by atoms with E-state index in [0.29, 0.717) is 0 Å². The van der Waals surface area contributed by atoms with E-state index in [9.17, 15) is 0 Å². The highest BCUT2D eigenvalue weighted by atomic mass is 32.2. The van der Waals surface area contributed by atoms with Crippen molar-refractivity contribution in [2.75, 3.05) is 12.0 Å². The summed E-state index contributed by atoms with van der Waals surface area (Å²) >= 11 is 3.52. The summed E-state index contributed by atoms with van der Waals surface area (Å²) in [5.74, 6) is 0. The SMILES string of the molecule is CCc1c(SC)ccc2scc(N)c12. The summed E-state index contributed by atoms with van der Waals surface area (Å²) in [5, 5.41) is 3.30. The van der Waals surface area contributed by atoms with Gasteiger partial charge in [0, 0.05) is 20.4 Å². The number of aryl methyl sites for hydroxylation is 1. The third-order valence-electron chi connectivity index (χ3n) is 2.41. The van der Waals surface area contributed by atoms with Crippen LogP contribution in [0, 0.1) is 0 Å². The van der Waals surface area contributed by atoms with Crippen LogP contribution in [0.5, 0.6) is 0 Å². The zero-order chi connectivity index (χ0) is 10.1. The van der Waals surface area contributed by atoms with Gasteiger partial charge in [0.25, 0.3) is 0 Å². The van der Waals surface area contributed by atoms with Crippen LogP contribution in [0.15, 0.2) is 22.4 Å². The number of thioether (sulfide) groups is 1. The molecule has 0 atom stereocenters. The van der Waals surface area contributed by atoms with Gasteiger partial charge >= 0.3 is 0 Å². The molecule has 2 aromatic rings. The van der Waals surface area contributed by atoms with Crippen molar-refractivity contribution in [2.45, 2.75) is 18.2 Å². The molecule has 0 saturated heterocycles. The standard InChI is InChI=1S/C11H13NS2/c1-3-7-9(13-2)4-5-10-11(7)8(12)6-14-10/h4-6H,3,12H2,1-2H3. The van der Waals surface area contributed by atoms with Crippen molar-refractivity contribution < 1.29 is 0 Å². The lowest BCUT2D eigenvalue weighted by Crippen LogP contribution is -1.89. The maximum Gasteiger partial charge on any atom is 0.0506 e. The molecule has 0 aliphatic rings. The van der Waals surface area contributed by atoms with Gasteiger partial charge in [-0.25, -0.2) is 0 Å². The Morgan fingerprint density at radius 1 is 1.43 bits per heavy atom. The van der Waals surface area contributed by atoms with E-state index >= 15 is 0 Å². The van der Waals surface area contributed by atoms with E-state index in [1.807, 2.05) is 5.38 Å². The van der Waals surface area contributed by atoms with Crippen LogP contribution in [0.2, 0.25) is 0 Å². The number of nitrogens with two attached hydrogens (primary N) is 1. The first kappa shape index (κ1) is 9.87. The number of thiophene rings is 1. The van der Waals surface area contributed by atoms with Crippen LogP contribution in [0.25, 0.3) is 10.1 Å². The number of anilines is 1. The second-order valence-electron chi connectivity index (χ2n) is 3.16. The fourth-order valence-corrected chi connectivity index (χ4v) is 3.32. The summed E-state index contributed by atoms with van der Waals surface area (Å²) < 4.78 is 1.30. The number of fused-ring (bicyclic) bond motifs is 1. The largest absolute Gasteiger partial charge is 0.398 e. The van der Waals surface area contributed by atoms with Gasteiger partial charge in [-0.3, -0.25) is 0 Å². The molecule has 1 nitrogen and oxygen atoms in total. The van der Waals surface area contributed by atoms with Gasteiger partial charge in [0.15, 0.2) is 0 Å². The van der Waals surface area contributed by atoms with E-state index in [-0.39, 0.29) is 0 Å². The van der Waals surface area contributed by atoms with E-state index < -0.39 is 0 Å². The second-order valence-corrected chi connectivity index (χ2v) is 4.92. The molecule has 0 aliphatic heterocycles. The normalized spacial score (nSPS) is 11.0. The van der Waals surface area contributed by atoms with Crippen LogP contribution in [0.3, 0.4) is 0 Å². The van der Waals surface area contributed by atoms with E-state index in [1.165, 1.54) is 20.5 Å². The maximum atomic E-state index is 5.98. The summed E-state index contributed by atoms with van der Waals surface area (Å²) in [5.41, 5.74) is 8.30. The molecule has 14 heavy (non-hydrogen) atoms. The van der Waals surface area contributed by atoms with Gasteiger partial charge < -0.3 is 5.73 Å². The fourth-order valence-electron chi connectivity index (χ4n) is 1.75. The van der Waals surface area contributed by atoms with Crippen LogP contribution >= 0.6 is 23.1 Å². The number of hydrogen-bond acceptors (Lipinski definition) is 3. The van der Waals surface area contributed by atoms with Gasteiger partial charge in [0.1, 0.15) is 0 Å². The predicted octanol–water partition coefficient (Wildman–Crippen LogP) is 3.77. The van der Waals surface area contributed by atoms with Gasteiger partial charge in [0.05, 0.1) is 5.69 Å². The van der Waals surface area contributed by atoms with Gasteiger partial charge in [-0.05, 0) is 30.4 Å². The Morgan fingerprint density at radius 2 is 2.21 bits per heavy atom. The minimum absolute atomic E-state index is 0.928. The maximum absolute atomic E-state index is 5.98. The molecule has 1 heterocycles. The summed E-state index contributed by atoms with van der Waals surface area (Å²) in [6.45, 7) is 2.19. The summed E-state index contributed by atoms with van der Waals surface area (Å²) in [4.78, 5) is 1.35. The molecule has 0 radical (unpaired) electrons. The van der Waals surface area contributed by atoms with E-state index in [4.69, 9.17) is 5.73 Å². The van der Waals surface area contributed by atoms with Crippen LogP contribution in [-0.4, -0.2) is 6.26 Å². The molecule has 0 spiro atoms. The fraction of sp³-hybridized carbons (Fsp3) is 0.273. The molecule has 0 aliphatic carbocycles. The molecule has 1 aromatic heterocycles. The Bertz CT molecular complexity index is 460. The van der Waals surface area contributed by atoms with Crippen LogP contribution in [0.1, 0.15) is 12.5 Å². The third-order valence-corrected chi connectivity index (χ3v) is 4.19. The van der Waals surface area contributed by atoms with E-state index in [1.54, 1.807) is 23.1 Å². The Morgan fingerprint density at radius 3 is 2.86 bits per heavy atom. The summed E-state index contributed by atoms with van der Waals surface area (Å²) in [6, 6.07) is 4.36. The molecule has 0 unspecified atom stereocenters. The zero-order valence-corrected chi connectivity index (χ0v) is 9.97. The molecule has 1 aromatic carbocycles. The lowest BCUT2D eigenvalue weighted by Gasteiger charge is -2.07. The molecule has 0 fully saturated rings. The molecule has 0 bridgehead atoms. The van der Waals surface area contributed by atoms with Crippen molar-refractivity contribution in [3.63, 3.8) is 0 Å². The van der Waals surface area contributed by atoms with E-state index in [2.05, 4.69) is 25.3 Å². The topological polar surface area (TPSA) is 26.0 Å². The minimum Gasteiger partial charge on any atom is -0.398 e. The monoisotopic (exact) mass is 223 g/mol. The quantitative estimate of drug-likeness (QED) is 0.784. The van der Waals surface area contributed by atoms with Gasteiger partial charge in [0.2, 0.25) is 0 Å². The first-order valence-electron chi connectivity index (χ1n) is 4.60. The average Bonchev–Trinajstić information content (AvgIpc) is 2.59. The first-order chi connectivity index (χ1) is 6.77. The minimum atomic E-state index is 0.928. The van der Waals surface area contributed by atoms with Crippen molar-refractivity contribution in [3.8, 4) is 0 Å². The van der Waals surface area contributed by atoms with Gasteiger partial charge in [-0.1, -0.05) is 6.92 Å². The Hall–Kier alpha value is -0.670. The predicted molar refractivity (Wildman–Crippen MR) is 67.4 cm³/mol. The van der Waals surface area contributed by atoms with Crippen LogP contribution < -0.4 is 5.73 Å². The highest BCUT2D eigenvalue weighted by Gasteiger charge is 2.09. The van der Waals surface area contributed by atoms with Crippen molar-refractivity contribution in [3.05, 3.63) is 23.1 Å². The average molecular weight is 223 g/mol. The third kappa shape index (κ3) is 1.41. The Labute approximate surface area is 92.3 Å². The lowest BCUT2D eigenvalue weighted by atomic mass is 10.1. The Balaban J connectivity index is 2.81. The Kier molecular flexibility index (Phi) is 2.70. The molecule has 0 saturated carbocycles. The van der Waals surface area contributed by atoms with E-state index in [0.717, 1.165) is 12.1 Å². The number of nitrogen functional groups attached to an aromatic ring is 1. The van der Waals surface area contributed by atoms with Crippen molar-refractivity contribution in [1.82, 2.24) is 0 Å².